The molecule has 0 spiro atoms. The van der Waals surface area contributed by atoms with Gasteiger partial charge in [-0.3, -0.25) is 0 Å². The first-order chi connectivity index (χ1) is 12.7. The lowest BCUT2D eigenvalue weighted by molar-refractivity contribution is 0.117. The summed E-state index contributed by atoms with van der Waals surface area (Å²) >= 11 is 6.19. The van der Waals surface area contributed by atoms with Crippen molar-refractivity contribution < 1.29 is 14.6 Å². The van der Waals surface area contributed by atoms with Gasteiger partial charge < -0.3 is 9.84 Å². The van der Waals surface area contributed by atoms with E-state index < -0.39 is 0 Å². The molecule has 4 atom stereocenters. The van der Waals surface area contributed by atoms with Gasteiger partial charge in [-0.05, 0) is 43.1 Å². The van der Waals surface area contributed by atoms with Crippen LogP contribution in [0.5, 0.6) is 0 Å². The van der Waals surface area contributed by atoms with Crippen LogP contribution in [0.4, 0.5) is 4.79 Å². The van der Waals surface area contributed by atoms with Gasteiger partial charge in [0, 0.05) is 18.5 Å². The van der Waals surface area contributed by atoms with Crippen LogP contribution < -0.4 is 5.43 Å². The second-order valence-corrected chi connectivity index (χ2v) is 7.46. The van der Waals surface area contributed by atoms with Crippen molar-refractivity contribution in [3.05, 3.63) is 48.0 Å². The molecular weight excluding hydrogens is 352 g/mol. The van der Waals surface area contributed by atoms with Gasteiger partial charge in [0.05, 0.1) is 6.04 Å². The molecule has 5 nitrogen and oxygen atoms in total. The molecule has 2 unspecified atom stereocenters. The first-order valence-corrected chi connectivity index (χ1v) is 9.82. The Morgan fingerprint density at radius 1 is 1.23 bits per heavy atom. The van der Waals surface area contributed by atoms with E-state index in [9.17, 15) is 9.90 Å². The number of hydrazine groups is 1. The van der Waals surface area contributed by atoms with Gasteiger partial charge in [-0.1, -0.05) is 42.5 Å². The van der Waals surface area contributed by atoms with E-state index in [1.165, 1.54) is 5.56 Å². The van der Waals surface area contributed by atoms with Crippen LogP contribution in [0.2, 0.25) is 0 Å². The van der Waals surface area contributed by atoms with Gasteiger partial charge in [-0.2, -0.15) is 0 Å². The first kappa shape index (κ1) is 19.2. The number of cyclic esters (lactones) is 1. The number of ether oxygens (including phenoxy) is 1. The van der Waals surface area contributed by atoms with Gasteiger partial charge in [-0.15, -0.1) is 11.6 Å². The maximum atomic E-state index is 12.2. The summed E-state index contributed by atoms with van der Waals surface area (Å²) < 4.78 is 5.26. The smallest absolute Gasteiger partial charge is 0.424 e. The van der Waals surface area contributed by atoms with Crippen LogP contribution in [0.25, 0.3) is 0 Å². The average Bonchev–Trinajstić information content (AvgIpc) is 3.02. The molecule has 142 valence electrons. The number of halogens is 1. The summed E-state index contributed by atoms with van der Waals surface area (Å²) in [6.07, 6.45) is 7.36. The van der Waals surface area contributed by atoms with E-state index in [4.69, 9.17) is 16.3 Å². The Balaban J connectivity index is 1.61. The van der Waals surface area contributed by atoms with E-state index in [2.05, 4.69) is 29.7 Å². The van der Waals surface area contributed by atoms with E-state index in [1.807, 2.05) is 18.2 Å². The molecule has 1 aliphatic heterocycles. The number of benzene rings is 1. The van der Waals surface area contributed by atoms with E-state index in [-0.39, 0.29) is 30.7 Å². The summed E-state index contributed by atoms with van der Waals surface area (Å²) in [6, 6.07) is 10.0. The number of alkyl halides is 1. The highest BCUT2D eigenvalue weighted by Crippen LogP contribution is 2.29. The Bertz CT molecular complexity index is 610. The molecule has 1 aromatic carbocycles. The summed E-state index contributed by atoms with van der Waals surface area (Å²) in [6.45, 7) is 0.563. The zero-order valence-electron chi connectivity index (χ0n) is 14.9. The summed E-state index contributed by atoms with van der Waals surface area (Å²) in [5, 5.41) is 11.2. The fourth-order valence-electron chi connectivity index (χ4n) is 3.81. The van der Waals surface area contributed by atoms with E-state index in [0.29, 0.717) is 18.4 Å². The zero-order chi connectivity index (χ0) is 18.4. The monoisotopic (exact) mass is 378 g/mol. The zero-order valence-corrected chi connectivity index (χ0v) is 15.6. The van der Waals surface area contributed by atoms with Crippen molar-refractivity contribution in [3.63, 3.8) is 0 Å². The molecule has 1 fully saturated rings. The van der Waals surface area contributed by atoms with Crippen molar-refractivity contribution in [1.82, 2.24) is 10.4 Å². The van der Waals surface area contributed by atoms with E-state index in [0.717, 1.165) is 25.7 Å². The van der Waals surface area contributed by atoms with Crippen molar-refractivity contribution in [2.24, 2.45) is 11.8 Å². The molecule has 6 heteroatoms. The maximum absolute atomic E-state index is 12.2. The fourth-order valence-corrected chi connectivity index (χ4v) is 4.00. The fraction of sp³-hybridized carbons (Fsp3) is 0.550. The van der Waals surface area contributed by atoms with Gasteiger partial charge in [0.15, 0.2) is 0 Å². The average molecular weight is 379 g/mol. The molecule has 0 bridgehead atoms. The Labute approximate surface area is 159 Å². The molecule has 2 N–H and O–H groups in total. The molecule has 1 saturated heterocycles. The molecule has 1 aliphatic carbocycles. The number of nitrogens with one attached hydrogen (secondary N) is 1. The van der Waals surface area contributed by atoms with Crippen LogP contribution in [-0.4, -0.2) is 47.4 Å². The molecule has 26 heavy (non-hydrogen) atoms. The number of hydrogen-bond donors (Lipinski definition) is 2. The topological polar surface area (TPSA) is 61.8 Å². The standard InChI is InChI=1S/C20H27ClN2O3/c21-12-18(11-16-8-4-5-9-17(16)13-24)22-23-19(14-26-20(23)25)10-15-6-2-1-3-7-15/h1-7,16-19,22,24H,8-14H2/t16?,17?,18-,19-/m0/s1. The SMILES string of the molecule is O=C1OC[C@H](Cc2ccccc2)N1N[C@H](CCl)CC1CC=CCC1CO. The molecule has 0 radical (unpaired) electrons. The third-order valence-electron chi connectivity index (χ3n) is 5.32. The van der Waals surface area contributed by atoms with E-state index >= 15 is 0 Å². The van der Waals surface area contributed by atoms with Crippen LogP contribution in [0.3, 0.4) is 0 Å². The number of nitrogens with zero attached hydrogens (tertiary/aromatic N) is 1. The number of allylic oxidation sites excluding steroid dienone is 2. The minimum absolute atomic E-state index is 0.0360. The number of rotatable bonds is 8. The Morgan fingerprint density at radius 2 is 1.96 bits per heavy atom. The van der Waals surface area contributed by atoms with Crippen LogP contribution in [0, 0.1) is 11.8 Å². The summed E-state index contributed by atoms with van der Waals surface area (Å²) in [7, 11) is 0. The van der Waals surface area contributed by atoms with Gasteiger partial charge in [-0.25, -0.2) is 15.2 Å². The van der Waals surface area contributed by atoms with Crippen LogP contribution in [0.15, 0.2) is 42.5 Å². The molecule has 1 aromatic rings. The third kappa shape index (κ3) is 4.78. The van der Waals surface area contributed by atoms with Gasteiger partial charge in [0.2, 0.25) is 0 Å². The molecule has 1 heterocycles. The molecule has 2 aliphatic rings. The van der Waals surface area contributed by atoms with Crippen molar-refractivity contribution >= 4 is 17.7 Å². The highest BCUT2D eigenvalue weighted by molar-refractivity contribution is 6.18. The maximum Gasteiger partial charge on any atom is 0.424 e. The van der Waals surface area contributed by atoms with Gasteiger partial charge in [0.1, 0.15) is 6.61 Å². The number of hydrogen-bond acceptors (Lipinski definition) is 4. The largest absolute Gasteiger partial charge is 0.446 e. The van der Waals surface area contributed by atoms with Crippen LogP contribution >= 0.6 is 11.6 Å². The predicted molar refractivity (Wildman–Crippen MR) is 102 cm³/mol. The van der Waals surface area contributed by atoms with Crippen molar-refractivity contribution in [2.45, 2.75) is 37.8 Å². The second kappa shape index (κ2) is 9.40. The van der Waals surface area contributed by atoms with Crippen molar-refractivity contribution in [1.29, 1.82) is 0 Å². The second-order valence-electron chi connectivity index (χ2n) is 7.15. The first-order valence-electron chi connectivity index (χ1n) is 9.29. The number of aliphatic hydroxyl groups excluding tert-OH is 1. The van der Waals surface area contributed by atoms with Crippen molar-refractivity contribution in [2.75, 3.05) is 19.1 Å². The number of carbonyl (C=O) groups excluding carboxylic acids is 1. The summed E-state index contributed by atoms with van der Waals surface area (Å²) in [4.78, 5) is 12.2. The Hall–Kier alpha value is -1.56. The van der Waals surface area contributed by atoms with Gasteiger partial charge >= 0.3 is 6.09 Å². The molecule has 1 amide bonds. The number of carbonyl (C=O) groups is 1. The Morgan fingerprint density at radius 3 is 2.65 bits per heavy atom. The van der Waals surface area contributed by atoms with Crippen LogP contribution in [0.1, 0.15) is 24.8 Å². The van der Waals surface area contributed by atoms with Crippen LogP contribution in [-0.2, 0) is 11.2 Å². The lowest BCUT2D eigenvalue weighted by atomic mass is 9.80. The minimum atomic E-state index is -0.344. The Kier molecular flexibility index (Phi) is 6.94. The normalized spacial score (nSPS) is 26.8. The number of amides is 1. The minimum Gasteiger partial charge on any atom is -0.446 e. The quantitative estimate of drug-likeness (QED) is 0.539. The van der Waals surface area contributed by atoms with E-state index in [1.54, 1.807) is 5.01 Å². The highest BCUT2D eigenvalue weighted by Gasteiger charge is 2.35. The van der Waals surface area contributed by atoms with Gasteiger partial charge in [0.25, 0.3) is 0 Å². The lowest BCUT2D eigenvalue weighted by Crippen LogP contribution is -2.51. The summed E-state index contributed by atoms with van der Waals surface area (Å²) in [5.41, 5.74) is 4.47. The molecular formula is C20H27ClN2O3. The molecule has 0 saturated carbocycles. The molecule has 3 rings (SSSR count). The highest BCUT2D eigenvalue weighted by atomic mass is 35.5. The lowest BCUT2D eigenvalue weighted by Gasteiger charge is -2.33. The third-order valence-corrected chi connectivity index (χ3v) is 5.69. The predicted octanol–water partition coefficient (Wildman–Crippen LogP) is 3.13. The summed E-state index contributed by atoms with van der Waals surface area (Å²) in [5.74, 6) is 1.03. The number of aliphatic hydroxyl groups is 1. The van der Waals surface area contributed by atoms with Crippen molar-refractivity contribution in [3.8, 4) is 0 Å². The molecule has 0 aromatic heterocycles.